The second kappa shape index (κ2) is 7.42. The molecule has 1 rings (SSSR count). The topological polar surface area (TPSA) is 52.9 Å². The number of nitriles is 1. The number of quaternary nitrogens is 1. The number of rotatable bonds is 6. The molecular weight excluding hydrogens is 274 g/mol. The van der Waals surface area contributed by atoms with Gasteiger partial charge in [0.25, 0.3) is 5.91 Å². The van der Waals surface area contributed by atoms with Gasteiger partial charge < -0.3 is 9.80 Å². The lowest BCUT2D eigenvalue weighted by Gasteiger charge is -2.36. The van der Waals surface area contributed by atoms with Crippen molar-refractivity contribution >= 4 is 11.6 Å². The summed E-state index contributed by atoms with van der Waals surface area (Å²) in [4.78, 5) is 12.8. The van der Waals surface area contributed by atoms with Gasteiger partial charge in [0.15, 0.2) is 6.04 Å². The molecule has 0 bridgehead atoms. The molecule has 0 heterocycles. The number of aryl methyl sites for hydroxylation is 2. The van der Waals surface area contributed by atoms with E-state index in [0.29, 0.717) is 10.0 Å². The van der Waals surface area contributed by atoms with E-state index in [9.17, 15) is 4.79 Å². The number of carbonyl (C=O) groups is 1. The lowest BCUT2D eigenvalue weighted by Crippen LogP contribution is -2.54. The van der Waals surface area contributed by atoms with Gasteiger partial charge in [-0.3, -0.25) is 4.79 Å². The van der Waals surface area contributed by atoms with Crippen LogP contribution in [-0.2, 0) is 4.79 Å². The van der Waals surface area contributed by atoms with Crippen LogP contribution in [0.15, 0.2) is 12.1 Å². The van der Waals surface area contributed by atoms with Crippen molar-refractivity contribution in [3.63, 3.8) is 0 Å². The van der Waals surface area contributed by atoms with Crippen molar-refractivity contribution in [3.05, 3.63) is 28.8 Å². The summed E-state index contributed by atoms with van der Waals surface area (Å²) in [5.74, 6) is 0.0598. The van der Waals surface area contributed by atoms with Crippen LogP contribution in [0.25, 0.3) is 0 Å². The van der Waals surface area contributed by atoms with Crippen LogP contribution < -0.4 is 5.32 Å². The van der Waals surface area contributed by atoms with Gasteiger partial charge in [0.05, 0.1) is 32.3 Å². The summed E-state index contributed by atoms with van der Waals surface area (Å²) in [6, 6.07) is 5.72. The van der Waals surface area contributed by atoms with E-state index in [4.69, 9.17) is 5.26 Å². The Kier molecular flexibility index (Phi) is 6.13. The van der Waals surface area contributed by atoms with Gasteiger partial charge >= 0.3 is 0 Å². The van der Waals surface area contributed by atoms with Crippen LogP contribution in [0.5, 0.6) is 0 Å². The molecule has 1 amide bonds. The summed E-state index contributed by atoms with van der Waals surface area (Å²) < 4.78 is 0.675. The van der Waals surface area contributed by atoms with Crippen molar-refractivity contribution in [3.8, 4) is 6.07 Å². The lowest BCUT2D eigenvalue weighted by atomic mass is 10.0. The van der Waals surface area contributed by atoms with E-state index in [1.807, 2.05) is 26.0 Å². The molecule has 1 aromatic carbocycles. The Labute approximate surface area is 134 Å². The smallest absolute Gasteiger partial charge is 0.282 e. The zero-order valence-electron chi connectivity index (χ0n) is 14.7. The highest BCUT2D eigenvalue weighted by Crippen LogP contribution is 2.23. The normalized spacial score (nSPS) is 12.6. The van der Waals surface area contributed by atoms with Crippen molar-refractivity contribution in [2.45, 2.75) is 46.6 Å². The first-order chi connectivity index (χ1) is 10.3. The fourth-order valence-corrected chi connectivity index (χ4v) is 2.72. The Morgan fingerprint density at radius 1 is 1.27 bits per heavy atom. The Morgan fingerprint density at radius 2 is 1.82 bits per heavy atom. The molecule has 1 aromatic rings. The molecule has 1 unspecified atom stereocenters. The van der Waals surface area contributed by atoms with Crippen LogP contribution in [-0.4, -0.2) is 37.1 Å². The van der Waals surface area contributed by atoms with Gasteiger partial charge in [-0.2, -0.15) is 5.26 Å². The highest BCUT2D eigenvalue weighted by Gasteiger charge is 2.33. The fraction of sp³-hybridized carbons (Fsp3) is 0.556. The SMILES string of the molecule is CCCC(C(=O)Nc1c(C)cc(C#N)cc1C)[N+](C)(C)CC. The van der Waals surface area contributed by atoms with Gasteiger partial charge in [0.1, 0.15) is 0 Å². The van der Waals surface area contributed by atoms with E-state index in [1.165, 1.54) is 0 Å². The average Bonchev–Trinajstić information content (AvgIpc) is 2.47. The standard InChI is InChI=1S/C18H27N3O/c1-7-9-16(21(5,6)8-2)18(22)20-17-13(3)10-15(12-19)11-14(17)4/h10-11,16H,7-9H2,1-6H3/p+1. The van der Waals surface area contributed by atoms with Crippen LogP contribution >= 0.6 is 0 Å². The monoisotopic (exact) mass is 302 g/mol. The second-order valence-corrected chi connectivity index (χ2v) is 6.49. The number of nitrogens with one attached hydrogen (secondary N) is 1. The Hall–Kier alpha value is -1.86. The number of hydrogen-bond donors (Lipinski definition) is 1. The molecule has 0 aliphatic carbocycles. The number of anilines is 1. The van der Waals surface area contributed by atoms with Crippen molar-refractivity contribution in [1.29, 1.82) is 5.26 Å². The van der Waals surface area contributed by atoms with Crippen LogP contribution in [0.4, 0.5) is 5.69 Å². The number of benzene rings is 1. The average molecular weight is 302 g/mol. The first-order valence-corrected chi connectivity index (χ1v) is 7.91. The Bertz CT molecular complexity index is 561. The summed E-state index contributed by atoms with van der Waals surface area (Å²) in [5, 5.41) is 12.1. The predicted octanol–water partition coefficient (Wildman–Crippen LogP) is 3.38. The van der Waals surface area contributed by atoms with E-state index in [1.54, 1.807) is 0 Å². The molecule has 0 saturated carbocycles. The van der Waals surface area contributed by atoms with E-state index >= 15 is 0 Å². The van der Waals surface area contributed by atoms with E-state index < -0.39 is 0 Å². The highest BCUT2D eigenvalue weighted by molar-refractivity contribution is 5.95. The molecule has 22 heavy (non-hydrogen) atoms. The summed E-state index contributed by atoms with van der Waals surface area (Å²) >= 11 is 0. The van der Waals surface area contributed by atoms with Crippen molar-refractivity contribution < 1.29 is 9.28 Å². The van der Waals surface area contributed by atoms with E-state index in [-0.39, 0.29) is 11.9 Å². The molecule has 4 heteroatoms. The zero-order valence-corrected chi connectivity index (χ0v) is 14.7. The number of nitrogens with zero attached hydrogens (tertiary/aromatic N) is 2. The van der Waals surface area contributed by atoms with Crippen molar-refractivity contribution in [1.82, 2.24) is 0 Å². The molecule has 0 spiro atoms. The van der Waals surface area contributed by atoms with Crippen LogP contribution in [0.1, 0.15) is 43.4 Å². The number of hydrogen-bond acceptors (Lipinski definition) is 2. The first-order valence-electron chi connectivity index (χ1n) is 7.91. The molecule has 0 aliphatic heterocycles. The minimum atomic E-state index is -0.0653. The van der Waals surface area contributed by atoms with Gasteiger partial charge in [-0.05, 0) is 50.5 Å². The molecular formula is C18H28N3O+. The van der Waals surface area contributed by atoms with Gasteiger partial charge in [-0.15, -0.1) is 0 Å². The Balaban J connectivity index is 3.08. The second-order valence-electron chi connectivity index (χ2n) is 6.49. The van der Waals surface area contributed by atoms with Crippen LogP contribution in [0.2, 0.25) is 0 Å². The fourth-order valence-electron chi connectivity index (χ4n) is 2.72. The molecule has 0 radical (unpaired) electrons. The first kappa shape index (κ1) is 18.2. The van der Waals surface area contributed by atoms with Crippen molar-refractivity contribution in [2.75, 3.05) is 26.0 Å². The predicted molar refractivity (Wildman–Crippen MR) is 90.6 cm³/mol. The minimum absolute atomic E-state index is 0.0598. The molecule has 1 N–H and O–H groups in total. The van der Waals surface area contributed by atoms with Gasteiger partial charge in [0, 0.05) is 12.1 Å². The maximum atomic E-state index is 12.8. The van der Waals surface area contributed by atoms with E-state index in [2.05, 4.69) is 39.3 Å². The number of likely N-dealkylation sites (N-methyl/N-ethyl adjacent to an activating group) is 1. The Morgan fingerprint density at radius 3 is 2.23 bits per heavy atom. The lowest BCUT2D eigenvalue weighted by molar-refractivity contribution is -0.904. The molecule has 0 fully saturated rings. The van der Waals surface area contributed by atoms with Gasteiger partial charge in [-0.25, -0.2) is 0 Å². The largest absolute Gasteiger partial charge is 0.320 e. The maximum absolute atomic E-state index is 12.8. The number of carbonyl (C=O) groups excluding carboxylic acids is 1. The molecule has 0 aromatic heterocycles. The molecule has 0 saturated heterocycles. The summed E-state index contributed by atoms with van der Waals surface area (Å²) in [5.41, 5.74) is 3.33. The summed E-state index contributed by atoms with van der Waals surface area (Å²) in [6.45, 7) is 8.97. The molecule has 0 aliphatic rings. The maximum Gasteiger partial charge on any atom is 0.282 e. The zero-order chi connectivity index (χ0) is 16.9. The minimum Gasteiger partial charge on any atom is -0.320 e. The van der Waals surface area contributed by atoms with Crippen LogP contribution in [0.3, 0.4) is 0 Å². The molecule has 4 nitrogen and oxygen atoms in total. The molecule has 120 valence electrons. The van der Waals surface area contributed by atoms with E-state index in [0.717, 1.165) is 36.2 Å². The highest BCUT2D eigenvalue weighted by atomic mass is 16.2. The third-order valence-electron chi connectivity index (χ3n) is 4.43. The number of amides is 1. The van der Waals surface area contributed by atoms with Gasteiger partial charge in [-0.1, -0.05) is 6.92 Å². The third-order valence-corrected chi connectivity index (χ3v) is 4.43. The molecule has 1 atom stereocenters. The van der Waals surface area contributed by atoms with Gasteiger partial charge in [0.2, 0.25) is 0 Å². The van der Waals surface area contributed by atoms with Crippen molar-refractivity contribution in [2.24, 2.45) is 0 Å². The summed E-state index contributed by atoms with van der Waals surface area (Å²) in [7, 11) is 4.19. The summed E-state index contributed by atoms with van der Waals surface area (Å²) in [6.07, 6.45) is 1.84. The third kappa shape index (κ3) is 4.08. The van der Waals surface area contributed by atoms with Crippen LogP contribution in [0, 0.1) is 25.2 Å². The quantitative estimate of drug-likeness (QED) is 0.819.